The lowest BCUT2D eigenvalue weighted by Gasteiger charge is -2.23. The fourth-order valence-electron chi connectivity index (χ4n) is 3.77. The van der Waals surface area contributed by atoms with Crippen LogP contribution in [-0.2, 0) is 9.30 Å². The van der Waals surface area contributed by atoms with Gasteiger partial charge in [0.25, 0.3) is 0 Å². The lowest BCUT2D eigenvalue weighted by Crippen LogP contribution is -2.21. The molecule has 0 unspecified atom stereocenters. The van der Waals surface area contributed by atoms with Crippen molar-refractivity contribution in [1.82, 2.24) is 19.7 Å². The Morgan fingerprint density at radius 2 is 1.81 bits per heavy atom. The number of anilines is 4. The van der Waals surface area contributed by atoms with Gasteiger partial charge in [-0.25, -0.2) is 4.98 Å². The second kappa shape index (κ2) is 8.81. The lowest BCUT2D eigenvalue weighted by molar-refractivity contribution is 0.0657. The van der Waals surface area contributed by atoms with Crippen LogP contribution in [0.15, 0.2) is 36.7 Å². The molecule has 1 saturated heterocycles. The van der Waals surface area contributed by atoms with E-state index in [2.05, 4.69) is 37.3 Å². The first kappa shape index (κ1) is 21.5. The standard InChI is InChI=1S/C22H29N6O2P/c1-15-13-23-22(26-19-14-24-28(16(19)2)17-9-11-30-12-10-17)27-21(15)25-18-7-5-6-8-20(18)31(3,4)29/h5-8,13-14,17H,9-12H2,1-4H3,(H2,23,25,26,27). The fraction of sp³-hybridized carbons (Fsp3) is 0.409. The quantitative estimate of drug-likeness (QED) is 0.550. The summed E-state index contributed by atoms with van der Waals surface area (Å²) >= 11 is 0. The highest BCUT2D eigenvalue weighted by atomic mass is 31.2. The van der Waals surface area contributed by atoms with Gasteiger partial charge in [0.2, 0.25) is 5.95 Å². The number of ether oxygens (including phenoxy) is 1. The topological polar surface area (TPSA) is 94.0 Å². The van der Waals surface area contributed by atoms with Crippen molar-refractivity contribution in [3.8, 4) is 0 Å². The van der Waals surface area contributed by atoms with Crippen molar-refractivity contribution in [2.45, 2.75) is 32.7 Å². The maximum absolute atomic E-state index is 12.7. The van der Waals surface area contributed by atoms with Crippen LogP contribution < -0.4 is 15.9 Å². The van der Waals surface area contributed by atoms with Crippen molar-refractivity contribution in [2.24, 2.45) is 0 Å². The molecule has 1 fully saturated rings. The molecule has 0 saturated carbocycles. The SMILES string of the molecule is Cc1cnc(Nc2cnn(C3CCOCC3)c2C)nc1Nc1ccccc1P(C)(C)=O. The number of aryl methyl sites for hydroxylation is 1. The average Bonchev–Trinajstić information content (AvgIpc) is 3.11. The van der Waals surface area contributed by atoms with Crippen LogP contribution in [0.5, 0.6) is 0 Å². The molecule has 164 valence electrons. The lowest BCUT2D eigenvalue weighted by atomic mass is 10.1. The molecule has 0 bridgehead atoms. The third-order valence-corrected chi connectivity index (χ3v) is 7.09. The van der Waals surface area contributed by atoms with Crippen molar-refractivity contribution in [3.63, 3.8) is 0 Å². The number of aromatic nitrogens is 4. The van der Waals surface area contributed by atoms with Gasteiger partial charge in [0.1, 0.15) is 13.0 Å². The highest BCUT2D eigenvalue weighted by Gasteiger charge is 2.20. The van der Waals surface area contributed by atoms with Crippen LogP contribution in [0.2, 0.25) is 0 Å². The molecular formula is C22H29N6O2P. The molecule has 3 aromatic rings. The van der Waals surface area contributed by atoms with E-state index in [1.165, 1.54) is 0 Å². The van der Waals surface area contributed by atoms with Gasteiger partial charge in [0.05, 0.1) is 29.3 Å². The molecule has 2 N–H and O–H groups in total. The van der Waals surface area contributed by atoms with Gasteiger partial charge in [-0.1, -0.05) is 12.1 Å². The molecule has 1 aliphatic heterocycles. The minimum atomic E-state index is -2.43. The van der Waals surface area contributed by atoms with Gasteiger partial charge < -0.3 is 19.9 Å². The second-order valence-corrected chi connectivity index (χ2v) is 11.5. The molecule has 1 aliphatic rings. The van der Waals surface area contributed by atoms with Crippen LogP contribution in [0.1, 0.15) is 30.1 Å². The Balaban J connectivity index is 1.57. The third kappa shape index (κ3) is 4.81. The van der Waals surface area contributed by atoms with E-state index in [-0.39, 0.29) is 0 Å². The zero-order valence-corrected chi connectivity index (χ0v) is 19.3. The highest BCUT2D eigenvalue weighted by molar-refractivity contribution is 7.70. The maximum Gasteiger partial charge on any atom is 0.229 e. The van der Waals surface area contributed by atoms with E-state index in [0.717, 1.165) is 54.0 Å². The molecule has 0 atom stereocenters. The number of hydrogen-bond donors (Lipinski definition) is 2. The predicted molar refractivity (Wildman–Crippen MR) is 125 cm³/mol. The molecular weight excluding hydrogens is 411 g/mol. The molecule has 0 spiro atoms. The summed E-state index contributed by atoms with van der Waals surface area (Å²) in [5.74, 6) is 1.16. The Hall–Kier alpha value is -2.70. The molecule has 9 heteroatoms. The van der Waals surface area contributed by atoms with E-state index in [0.29, 0.717) is 17.8 Å². The Bertz CT molecular complexity index is 1120. The van der Waals surface area contributed by atoms with Gasteiger partial charge in [0, 0.05) is 30.3 Å². The van der Waals surface area contributed by atoms with Crippen LogP contribution >= 0.6 is 7.14 Å². The number of rotatable bonds is 6. The van der Waals surface area contributed by atoms with Crippen LogP contribution in [0.4, 0.5) is 23.1 Å². The summed E-state index contributed by atoms with van der Waals surface area (Å²) in [5, 5.41) is 12.0. The van der Waals surface area contributed by atoms with E-state index in [9.17, 15) is 4.57 Å². The summed E-state index contributed by atoms with van der Waals surface area (Å²) in [4.78, 5) is 9.10. The van der Waals surface area contributed by atoms with E-state index in [1.807, 2.05) is 37.4 Å². The zero-order chi connectivity index (χ0) is 22.0. The number of benzene rings is 1. The molecule has 0 radical (unpaired) electrons. The van der Waals surface area contributed by atoms with Crippen LogP contribution in [0.25, 0.3) is 0 Å². The molecule has 2 aromatic heterocycles. The number of hydrogen-bond acceptors (Lipinski definition) is 7. The molecule has 1 aromatic carbocycles. The van der Waals surface area contributed by atoms with Gasteiger partial charge in [0.15, 0.2) is 0 Å². The molecule has 31 heavy (non-hydrogen) atoms. The van der Waals surface area contributed by atoms with E-state index in [1.54, 1.807) is 19.5 Å². The molecule has 0 amide bonds. The van der Waals surface area contributed by atoms with E-state index >= 15 is 0 Å². The summed E-state index contributed by atoms with van der Waals surface area (Å²) in [6.45, 7) is 9.08. The zero-order valence-electron chi connectivity index (χ0n) is 18.4. The van der Waals surface area contributed by atoms with Crippen molar-refractivity contribution in [2.75, 3.05) is 37.2 Å². The summed E-state index contributed by atoms with van der Waals surface area (Å²) in [5.41, 5.74) is 3.63. The largest absolute Gasteiger partial charge is 0.381 e. The first-order valence-electron chi connectivity index (χ1n) is 10.5. The Morgan fingerprint density at radius 1 is 1.06 bits per heavy atom. The van der Waals surface area contributed by atoms with Crippen LogP contribution in [0.3, 0.4) is 0 Å². The van der Waals surface area contributed by atoms with Gasteiger partial charge in [-0.05, 0) is 52.2 Å². The summed E-state index contributed by atoms with van der Waals surface area (Å²) in [7, 11) is -2.43. The van der Waals surface area contributed by atoms with Crippen molar-refractivity contribution < 1.29 is 9.30 Å². The average molecular weight is 440 g/mol. The summed E-state index contributed by atoms with van der Waals surface area (Å²) in [6.07, 6.45) is 5.53. The van der Waals surface area contributed by atoms with Gasteiger partial charge in [-0.3, -0.25) is 4.68 Å². The molecule has 4 rings (SSSR count). The smallest absolute Gasteiger partial charge is 0.229 e. The second-order valence-electron chi connectivity index (χ2n) is 8.28. The van der Waals surface area contributed by atoms with Crippen molar-refractivity contribution in [3.05, 3.63) is 47.9 Å². The minimum Gasteiger partial charge on any atom is -0.381 e. The van der Waals surface area contributed by atoms with Crippen LogP contribution in [-0.4, -0.2) is 46.3 Å². The minimum absolute atomic E-state index is 0.357. The monoisotopic (exact) mass is 440 g/mol. The van der Waals surface area contributed by atoms with Crippen LogP contribution in [0, 0.1) is 13.8 Å². The highest BCUT2D eigenvalue weighted by Crippen LogP contribution is 2.38. The van der Waals surface area contributed by atoms with Gasteiger partial charge >= 0.3 is 0 Å². The molecule has 0 aliphatic carbocycles. The van der Waals surface area contributed by atoms with Crippen molar-refractivity contribution in [1.29, 1.82) is 0 Å². The fourth-order valence-corrected chi connectivity index (χ4v) is 4.93. The normalized spacial score (nSPS) is 15.1. The Morgan fingerprint density at radius 3 is 2.55 bits per heavy atom. The predicted octanol–water partition coefficient (Wildman–Crippen LogP) is 4.38. The first-order valence-corrected chi connectivity index (χ1v) is 13.1. The maximum atomic E-state index is 12.7. The number of nitrogens with zero attached hydrogens (tertiary/aromatic N) is 4. The summed E-state index contributed by atoms with van der Waals surface area (Å²) in [6, 6.07) is 8.00. The third-order valence-electron chi connectivity index (χ3n) is 5.54. The number of para-hydroxylation sites is 1. The number of nitrogens with one attached hydrogen (secondary N) is 2. The Kier molecular flexibility index (Phi) is 6.12. The first-order chi connectivity index (χ1) is 14.8. The Labute approximate surface area is 182 Å². The van der Waals surface area contributed by atoms with Gasteiger partial charge in [-0.2, -0.15) is 10.1 Å². The van der Waals surface area contributed by atoms with E-state index in [4.69, 9.17) is 4.74 Å². The summed E-state index contributed by atoms with van der Waals surface area (Å²) < 4.78 is 20.2. The van der Waals surface area contributed by atoms with Gasteiger partial charge in [-0.15, -0.1) is 0 Å². The molecule has 3 heterocycles. The van der Waals surface area contributed by atoms with Crippen molar-refractivity contribution >= 4 is 35.6 Å². The molecule has 8 nitrogen and oxygen atoms in total. The van der Waals surface area contributed by atoms with E-state index < -0.39 is 7.14 Å².